The minimum absolute atomic E-state index is 0.176. The molecule has 1 aromatic carbocycles. The van der Waals surface area contributed by atoms with E-state index in [1.807, 2.05) is 31.2 Å². The molecule has 4 heteroatoms. The van der Waals surface area contributed by atoms with Crippen LogP contribution < -0.4 is 4.90 Å². The standard InChI is InChI=1S/C14H13NO3/c1-9-7-12(16)18-14(8-9)10-5-3-4-6-11(10)15(2)13(14)17/h3-7H,8H2,1-2H3/t14-/m1/s1. The highest BCUT2D eigenvalue weighted by molar-refractivity contribution is 6.08. The second kappa shape index (κ2) is 3.45. The largest absolute Gasteiger partial charge is 0.440 e. The molecule has 4 nitrogen and oxygen atoms in total. The maximum Gasteiger partial charge on any atom is 0.332 e. The van der Waals surface area contributed by atoms with E-state index < -0.39 is 11.6 Å². The fourth-order valence-electron chi connectivity index (χ4n) is 2.75. The van der Waals surface area contributed by atoms with Crippen LogP contribution in [0.4, 0.5) is 5.69 Å². The highest BCUT2D eigenvalue weighted by Crippen LogP contribution is 2.47. The number of amides is 1. The van der Waals surface area contributed by atoms with Crippen molar-refractivity contribution in [2.45, 2.75) is 18.9 Å². The van der Waals surface area contributed by atoms with Gasteiger partial charge in [-0.3, -0.25) is 4.79 Å². The topological polar surface area (TPSA) is 46.6 Å². The number of fused-ring (bicyclic) bond motifs is 2. The Kier molecular flexibility index (Phi) is 2.11. The first kappa shape index (κ1) is 11.0. The third-order valence-corrected chi connectivity index (χ3v) is 3.52. The number of carbonyl (C=O) groups excluding carboxylic acids is 2. The molecule has 0 unspecified atom stereocenters. The molecule has 0 radical (unpaired) electrons. The maximum atomic E-state index is 12.5. The van der Waals surface area contributed by atoms with Gasteiger partial charge in [-0.25, -0.2) is 4.79 Å². The number of likely N-dealkylation sites (N-methyl/N-ethyl adjacent to an activating group) is 1. The van der Waals surface area contributed by atoms with E-state index in [1.165, 1.54) is 6.08 Å². The third-order valence-electron chi connectivity index (χ3n) is 3.52. The number of esters is 1. The van der Waals surface area contributed by atoms with Gasteiger partial charge in [0.25, 0.3) is 5.91 Å². The summed E-state index contributed by atoms with van der Waals surface area (Å²) in [6.07, 6.45) is 1.87. The number of anilines is 1. The van der Waals surface area contributed by atoms with Gasteiger partial charge in [0.2, 0.25) is 5.60 Å². The minimum Gasteiger partial charge on any atom is -0.440 e. The Morgan fingerprint density at radius 2 is 2.00 bits per heavy atom. The van der Waals surface area contributed by atoms with E-state index in [-0.39, 0.29) is 5.91 Å². The quantitative estimate of drug-likeness (QED) is 0.652. The lowest BCUT2D eigenvalue weighted by atomic mass is 9.86. The molecule has 2 heterocycles. The molecular weight excluding hydrogens is 230 g/mol. The van der Waals surface area contributed by atoms with Crippen LogP contribution in [-0.4, -0.2) is 18.9 Å². The molecule has 1 spiro atoms. The summed E-state index contributed by atoms with van der Waals surface area (Å²) in [4.78, 5) is 25.6. The van der Waals surface area contributed by atoms with Gasteiger partial charge in [0, 0.05) is 25.1 Å². The summed E-state index contributed by atoms with van der Waals surface area (Å²) in [6.45, 7) is 1.84. The maximum absolute atomic E-state index is 12.5. The van der Waals surface area contributed by atoms with Gasteiger partial charge >= 0.3 is 5.97 Å². The molecular formula is C14H13NO3. The Bertz CT molecular complexity index is 590. The van der Waals surface area contributed by atoms with Crippen molar-refractivity contribution in [1.82, 2.24) is 0 Å². The van der Waals surface area contributed by atoms with E-state index in [9.17, 15) is 9.59 Å². The molecule has 2 aliphatic rings. The van der Waals surface area contributed by atoms with Crippen LogP contribution in [0.25, 0.3) is 0 Å². The number of hydrogen-bond acceptors (Lipinski definition) is 3. The lowest BCUT2D eigenvalue weighted by molar-refractivity contribution is -0.164. The zero-order valence-electron chi connectivity index (χ0n) is 10.3. The Morgan fingerprint density at radius 3 is 2.72 bits per heavy atom. The summed E-state index contributed by atoms with van der Waals surface area (Å²) >= 11 is 0. The van der Waals surface area contributed by atoms with E-state index in [2.05, 4.69) is 0 Å². The van der Waals surface area contributed by atoms with Crippen LogP contribution >= 0.6 is 0 Å². The first-order valence-electron chi connectivity index (χ1n) is 5.82. The van der Waals surface area contributed by atoms with Crippen molar-refractivity contribution >= 4 is 17.6 Å². The van der Waals surface area contributed by atoms with Crippen LogP contribution in [0.5, 0.6) is 0 Å². The fraction of sp³-hybridized carbons (Fsp3) is 0.286. The molecule has 1 aromatic rings. The zero-order chi connectivity index (χ0) is 12.9. The minimum atomic E-state index is -1.15. The fourth-order valence-corrected chi connectivity index (χ4v) is 2.75. The van der Waals surface area contributed by atoms with Gasteiger partial charge in [-0.15, -0.1) is 0 Å². The summed E-state index contributed by atoms with van der Waals surface area (Å²) in [5, 5.41) is 0. The van der Waals surface area contributed by atoms with E-state index >= 15 is 0 Å². The molecule has 1 atom stereocenters. The van der Waals surface area contributed by atoms with Gasteiger partial charge in [-0.1, -0.05) is 23.8 Å². The van der Waals surface area contributed by atoms with E-state index in [1.54, 1.807) is 11.9 Å². The van der Waals surface area contributed by atoms with E-state index in [4.69, 9.17) is 4.74 Å². The number of nitrogens with zero attached hydrogens (tertiary/aromatic N) is 1. The van der Waals surface area contributed by atoms with Crippen molar-refractivity contribution < 1.29 is 14.3 Å². The zero-order valence-corrected chi connectivity index (χ0v) is 10.3. The van der Waals surface area contributed by atoms with Crippen LogP contribution in [0.2, 0.25) is 0 Å². The highest BCUT2D eigenvalue weighted by atomic mass is 16.6. The highest BCUT2D eigenvalue weighted by Gasteiger charge is 2.54. The Labute approximate surface area is 105 Å². The molecule has 1 amide bonds. The number of para-hydroxylation sites is 1. The number of rotatable bonds is 0. The molecule has 0 fully saturated rings. The average molecular weight is 243 g/mol. The Balaban J connectivity index is 2.21. The van der Waals surface area contributed by atoms with Gasteiger partial charge in [0.05, 0.1) is 5.69 Å². The van der Waals surface area contributed by atoms with Gasteiger partial charge in [-0.2, -0.15) is 0 Å². The molecule has 0 bridgehead atoms. The van der Waals surface area contributed by atoms with Crippen molar-refractivity contribution in [1.29, 1.82) is 0 Å². The van der Waals surface area contributed by atoms with Crippen LogP contribution in [0.3, 0.4) is 0 Å². The number of hydrogen-bond donors (Lipinski definition) is 0. The second-order valence-corrected chi connectivity index (χ2v) is 4.80. The Hall–Kier alpha value is -2.10. The van der Waals surface area contributed by atoms with Crippen LogP contribution in [0, 0.1) is 0 Å². The summed E-state index contributed by atoms with van der Waals surface area (Å²) in [7, 11) is 1.71. The third kappa shape index (κ3) is 1.26. The van der Waals surface area contributed by atoms with Crippen LogP contribution in [0.15, 0.2) is 35.9 Å². The Morgan fingerprint density at radius 1 is 1.28 bits per heavy atom. The number of carbonyl (C=O) groups is 2. The normalized spacial score (nSPS) is 26.1. The van der Waals surface area contributed by atoms with Crippen molar-refractivity contribution in [2.24, 2.45) is 0 Å². The lowest BCUT2D eigenvalue weighted by Gasteiger charge is -2.31. The molecule has 0 saturated carbocycles. The molecule has 18 heavy (non-hydrogen) atoms. The summed E-state index contributed by atoms with van der Waals surface area (Å²) < 4.78 is 5.41. The summed E-state index contributed by atoms with van der Waals surface area (Å²) in [5.41, 5.74) is 1.30. The predicted octanol–water partition coefficient (Wildman–Crippen LogP) is 1.75. The molecule has 3 rings (SSSR count). The lowest BCUT2D eigenvalue weighted by Crippen LogP contribution is -2.44. The van der Waals surface area contributed by atoms with Gasteiger partial charge in [0.15, 0.2) is 0 Å². The smallest absolute Gasteiger partial charge is 0.332 e. The average Bonchev–Trinajstić information content (AvgIpc) is 2.52. The van der Waals surface area contributed by atoms with Crippen molar-refractivity contribution in [3.8, 4) is 0 Å². The SMILES string of the molecule is CC1=CC(=O)O[C@@]2(C1)C(=O)N(C)c1ccccc12. The van der Waals surface area contributed by atoms with Gasteiger partial charge in [-0.05, 0) is 13.0 Å². The van der Waals surface area contributed by atoms with E-state index in [0.717, 1.165) is 16.8 Å². The molecule has 2 aliphatic heterocycles. The first-order valence-corrected chi connectivity index (χ1v) is 5.82. The van der Waals surface area contributed by atoms with E-state index in [0.29, 0.717) is 6.42 Å². The summed E-state index contributed by atoms with van der Waals surface area (Å²) in [5.74, 6) is -0.623. The number of ether oxygens (including phenoxy) is 1. The molecule has 0 saturated heterocycles. The predicted molar refractivity (Wildman–Crippen MR) is 66.0 cm³/mol. The van der Waals surface area contributed by atoms with Gasteiger partial charge in [0.1, 0.15) is 0 Å². The summed E-state index contributed by atoms with van der Waals surface area (Å²) in [6, 6.07) is 7.44. The van der Waals surface area contributed by atoms with Crippen molar-refractivity contribution in [3.63, 3.8) is 0 Å². The molecule has 0 aromatic heterocycles. The van der Waals surface area contributed by atoms with Crippen molar-refractivity contribution in [3.05, 3.63) is 41.5 Å². The molecule has 0 aliphatic carbocycles. The molecule has 92 valence electrons. The monoisotopic (exact) mass is 243 g/mol. The van der Waals surface area contributed by atoms with Gasteiger partial charge < -0.3 is 9.64 Å². The van der Waals surface area contributed by atoms with Crippen molar-refractivity contribution in [2.75, 3.05) is 11.9 Å². The first-order chi connectivity index (χ1) is 8.54. The molecule has 0 N–H and O–H groups in total. The van der Waals surface area contributed by atoms with Crippen LogP contribution in [0.1, 0.15) is 18.9 Å². The second-order valence-electron chi connectivity index (χ2n) is 4.80. The number of benzene rings is 1. The van der Waals surface area contributed by atoms with Crippen LogP contribution in [-0.2, 0) is 19.9 Å².